The van der Waals surface area contributed by atoms with Crippen LogP contribution >= 0.6 is 21.6 Å². The number of hydrogen-bond acceptors (Lipinski definition) is 29. The van der Waals surface area contributed by atoms with Gasteiger partial charge in [-0.2, -0.15) is 0 Å². The molecule has 540 valence electrons. The van der Waals surface area contributed by atoms with Crippen LogP contribution in [0.15, 0.2) is 39.3 Å². The molecule has 0 saturated carbocycles. The first-order valence-corrected chi connectivity index (χ1v) is 31.8. The fraction of sp³-hybridized carbons (Fsp3) is 0.600. The van der Waals surface area contributed by atoms with E-state index >= 15 is 0 Å². The minimum atomic E-state index is -2.16. The topological polar surface area (TPSA) is 628 Å². The molecule has 2 fully saturated rings. The van der Waals surface area contributed by atoms with Crippen LogP contribution in [0, 0.1) is 10.1 Å². The lowest BCUT2D eigenvalue weighted by molar-refractivity contribution is -0.388. The van der Waals surface area contributed by atoms with E-state index in [4.69, 9.17) is 51.4 Å². The smallest absolute Gasteiger partial charge is 0.302 e. The van der Waals surface area contributed by atoms with Crippen LogP contribution in [0.3, 0.4) is 0 Å². The highest BCUT2D eigenvalue weighted by Crippen LogP contribution is 2.49. The first-order chi connectivity index (χ1) is 45.8. The molecular weight excluding hydrogens is 1330 g/mol. The van der Waals surface area contributed by atoms with E-state index in [0.717, 1.165) is 35.4 Å². The summed E-state index contributed by atoms with van der Waals surface area (Å²) in [6, 6.07) is -9.21. The van der Waals surface area contributed by atoms with Crippen molar-refractivity contribution in [3.63, 3.8) is 0 Å². The normalized spacial score (nSPS) is 22.4. The third kappa shape index (κ3) is 23.6. The number of carbonyl (C=O) groups is 10. The van der Waals surface area contributed by atoms with Gasteiger partial charge in [-0.3, -0.25) is 63.1 Å². The van der Waals surface area contributed by atoms with Crippen molar-refractivity contribution in [2.45, 2.75) is 174 Å². The molecule has 1 aromatic carbocycles. The number of nitrogens with two attached hydrogens (primary N) is 4. The number of amides is 10. The van der Waals surface area contributed by atoms with Gasteiger partial charge in [0.25, 0.3) is 0 Å². The van der Waals surface area contributed by atoms with Crippen molar-refractivity contribution in [1.82, 2.24) is 52.8 Å². The van der Waals surface area contributed by atoms with Gasteiger partial charge in [-0.15, -0.1) is 0 Å². The zero-order chi connectivity index (χ0) is 72.5. The van der Waals surface area contributed by atoms with Crippen LogP contribution < -0.4 is 85.0 Å². The number of aliphatic imine (C=N–C) groups is 1. The van der Waals surface area contributed by atoms with Crippen molar-refractivity contribution in [2.24, 2.45) is 27.9 Å². The van der Waals surface area contributed by atoms with Gasteiger partial charge in [0, 0.05) is 56.1 Å². The van der Waals surface area contributed by atoms with Gasteiger partial charge in [-0.1, -0.05) is 10.8 Å². The van der Waals surface area contributed by atoms with Gasteiger partial charge >= 0.3 is 5.69 Å². The van der Waals surface area contributed by atoms with Gasteiger partial charge in [-0.25, -0.2) is 4.98 Å². The quantitative estimate of drug-likeness (QED) is 0.00741. The van der Waals surface area contributed by atoms with Gasteiger partial charge in [0.1, 0.15) is 78.9 Å². The van der Waals surface area contributed by atoms with Crippen LogP contribution in [0.2, 0.25) is 0 Å². The van der Waals surface area contributed by atoms with Gasteiger partial charge < -0.3 is 130 Å². The lowest BCUT2D eigenvalue weighted by atomic mass is 9.94. The average molecular weight is 1420 g/mol. The number of rotatable bonds is 38. The standard InChI is InChI=1S/C55H84N16O24S2/c1-22(46(57)82)63-51(87)30(19-72)69-48(84)27(10-8-15-61-55(58)59)67-50(86)29(16-37(78)70-52-38(64-24(3)75)42(81)44(34(21-74)93-52)95-54-39(65-25(4)76)41(80)40(79)33(20-73)94-54)68-49(85)28(12-13-36(56)77)66-47(83)23(2)62-18-26-35(17-32(90-5)45(92-7)43(26)91-6)96-97-53-31(71(88)89)11-9-14-60-53/h9,11,14,17,22-23,27-30,33-34,38-42,44,52,54,62,72-74,79-81H,8,10,12-13,15-16,18-21H2,1-7H3,(H2,56,77)(H2,57,82)(H,63,87)(H,64,75)(H,65,76)(H,66,83)(H,67,86)(H,68,85)(H,69,84)(H,70,78)(H4,58,59,61)/t22-,23-,27-,28-,29-,30-,33?,34?,38?,39?,40+,41?,42?,44+,52+,54-/m0/s1. The highest BCUT2D eigenvalue weighted by molar-refractivity contribution is 8.76. The fourth-order valence-corrected chi connectivity index (χ4v) is 11.9. The Balaban J connectivity index is 1.75. The van der Waals surface area contributed by atoms with E-state index < -0.39 is 201 Å². The molecule has 0 radical (unpaired) electrons. The summed E-state index contributed by atoms with van der Waals surface area (Å²) >= 11 is 0. The summed E-state index contributed by atoms with van der Waals surface area (Å²) < 4.78 is 34.4. The Labute approximate surface area is 561 Å². The second-order valence-corrected chi connectivity index (χ2v) is 23.9. The zero-order valence-electron chi connectivity index (χ0n) is 53.6. The maximum atomic E-state index is 14.8. The summed E-state index contributed by atoms with van der Waals surface area (Å²) in [6.07, 6.45) is -15.8. The Morgan fingerprint density at radius 1 is 0.711 bits per heavy atom. The SMILES string of the molecule is COc1cc(SSc2ncccc2[N+](=O)[O-])c(CN[C@@H](C)C(=O)N[C@@H](CCC(N)=O)C(=O)N[C@@H](CC(=O)N[C@@H]2OC(CO)[C@@H](O[C@@H]3OC(CO)[C@@H](O)C(O)C3NC(C)=O)C(O)C2NC(C)=O)C(=O)N[C@@H](CCCN=C(N)N)C(=O)N[C@@H](CO)C(=O)N[C@@H](C)C(N)=O)c(OC)c1OC. The highest BCUT2D eigenvalue weighted by Gasteiger charge is 2.52. The molecule has 10 amide bonds. The maximum absolute atomic E-state index is 14.8. The van der Waals surface area contributed by atoms with Gasteiger partial charge in [0.15, 0.2) is 35.0 Å². The van der Waals surface area contributed by atoms with Crippen LogP contribution in [-0.4, -0.2) is 251 Å². The molecule has 0 bridgehead atoms. The number of aliphatic hydroxyl groups is 6. The van der Waals surface area contributed by atoms with Crippen LogP contribution in [0.25, 0.3) is 0 Å². The molecule has 1 aromatic heterocycles. The molecule has 6 unspecified atom stereocenters. The van der Waals surface area contributed by atoms with Crippen molar-refractivity contribution < 1.29 is 112 Å². The number of pyridine rings is 1. The number of carbonyl (C=O) groups excluding carboxylic acids is 10. The zero-order valence-corrected chi connectivity index (χ0v) is 55.3. The van der Waals surface area contributed by atoms with E-state index in [2.05, 4.69) is 57.8 Å². The molecule has 42 heteroatoms. The molecule has 0 spiro atoms. The molecule has 2 aliphatic rings. The maximum Gasteiger partial charge on any atom is 0.302 e. The number of aliphatic hydroxyl groups excluding tert-OH is 6. The molecular formula is C55H84N16O24S2. The second-order valence-electron chi connectivity index (χ2n) is 21.8. The van der Waals surface area contributed by atoms with Gasteiger partial charge in [-0.05, 0) is 56.0 Å². The minimum absolute atomic E-state index is 0.0383. The third-order valence-corrected chi connectivity index (χ3v) is 17.0. The first-order valence-electron chi connectivity index (χ1n) is 29.7. The molecule has 2 aromatic rings. The molecule has 16 atom stereocenters. The Morgan fingerprint density at radius 2 is 1.30 bits per heavy atom. The van der Waals surface area contributed by atoms with Gasteiger partial charge in [0.05, 0.1) is 58.5 Å². The number of ether oxygens (including phenoxy) is 6. The van der Waals surface area contributed by atoms with Crippen molar-refractivity contribution in [3.05, 3.63) is 40.1 Å². The van der Waals surface area contributed by atoms with Crippen LogP contribution in [-0.2, 0) is 68.7 Å². The van der Waals surface area contributed by atoms with Crippen LogP contribution in [0.4, 0.5) is 5.69 Å². The molecule has 3 heterocycles. The summed E-state index contributed by atoms with van der Waals surface area (Å²) in [5, 5.41) is 97.7. The largest absolute Gasteiger partial charge is 0.493 e. The highest BCUT2D eigenvalue weighted by atomic mass is 33.1. The second kappa shape index (κ2) is 39.0. The van der Waals surface area contributed by atoms with E-state index in [-0.39, 0.29) is 59.9 Å². The molecule has 2 saturated heterocycles. The molecule has 97 heavy (non-hydrogen) atoms. The van der Waals surface area contributed by atoms with E-state index in [1.54, 1.807) is 6.07 Å². The number of guanidine groups is 1. The summed E-state index contributed by atoms with van der Waals surface area (Å²) in [4.78, 5) is 154. The number of methoxy groups -OCH3 is 3. The average Bonchev–Trinajstić information content (AvgIpc) is 0.790. The van der Waals surface area contributed by atoms with Crippen molar-refractivity contribution in [2.75, 3.05) is 47.7 Å². The minimum Gasteiger partial charge on any atom is -0.493 e. The lowest BCUT2D eigenvalue weighted by Crippen LogP contribution is -2.71. The van der Waals surface area contributed by atoms with Crippen molar-refractivity contribution >= 4 is 92.3 Å². The molecule has 4 rings (SSSR count). The monoisotopic (exact) mass is 1420 g/mol. The number of benzene rings is 1. The van der Waals surface area contributed by atoms with Gasteiger partial charge in [0.2, 0.25) is 64.8 Å². The third-order valence-electron chi connectivity index (χ3n) is 14.7. The summed E-state index contributed by atoms with van der Waals surface area (Å²) in [7, 11) is 5.95. The Bertz CT molecular complexity index is 3140. The Morgan fingerprint density at radius 3 is 1.87 bits per heavy atom. The summed E-state index contributed by atoms with van der Waals surface area (Å²) in [5.74, 6) is -10.6. The predicted molar refractivity (Wildman–Crippen MR) is 337 cm³/mol. The number of aromatic nitrogens is 1. The molecule has 23 N–H and O–H groups in total. The molecule has 0 aliphatic carbocycles. The lowest BCUT2D eigenvalue weighted by Gasteiger charge is -2.48. The number of nitrogens with zero attached hydrogens (tertiary/aromatic N) is 3. The number of hydrogen-bond donors (Lipinski definition) is 19. The Kier molecular flexibility index (Phi) is 32.5. The Hall–Kier alpha value is -8.56. The molecule has 2 aliphatic heterocycles. The van der Waals surface area contributed by atoms with Crippen molar-refractivity contribution in [3.8, 4) is 17.2 Å². The first kappa shape index (κ1) is 80.9. The summed E-state index contributed by atoms with van der Waals surface area (Å²) in [5.41, 5.74) is 21.8. The van der Waals surface area contributed by atoms with Crippen molar-refractivity contribution in [1.29, 1.82) is 0 Å². The van der Waals surface area contributed by atoms with E-state index in [1.165, 1.54) is 53.5 Å². The van der Waals surface area contributed by atoms with E-state index in [9.17, 15) is 88.7 Å². The number of nitrogens with one attached hydrogen (secondary N) is 9. The van der Waals surface area contributed by atoms with E-state index in [1.807, 2.05) is 0 Å². The fourth-order valence-electron chi connectivity index (χ4n) is 9.62. The molecule has 40 nitrogen and oxygen atoms in total. The number of primary amides is 2. The summed E-state index contributed by atoms with van der Waals surface area (Å²) in [6.45, 7) is 1.24. The predicted octanol–water partition coefficient (Wildman–Crippen LogP) is -8.05. The number of nitro groups is 1. The van der Waals surface area contributed by atoms with Crippen LogP contribution in [0.5, 0.6) is 17.2 Å². The van der Waals surface area contributed by atoms with Crippen LogP contribution in [0.1, 0.15) is 65.4 Å². The van der Waals surface area contributed by atoms with E-state index in [0.29, 0.717) is 10.5 Å².